The molecule has 0 heterocycles. The number of nitrogens with two attached hydrogens (primary N) is 2. The summed E-state index contributed by atoms with van der Waals surface area (Å²) in [7, 11) is 0. The molecular weight excluding hydrogens is 300 g/mol. The molecule has 6 heteroatoms. The molecule has 0 unspecified atom stereocenters. The van der Waals surface area contributed by atoms with Crippen LogP contribution >= 0.6 is 0 Å². The number of anilines is 6. The molecule has 122 valence electrons. The first-order valence-corrected chi connectivity index (χ1v) is 7.54. The molecule has 0 aliphatic heterocycles. The molecule has 0 aliphatic rings. The Morgan fingerprint density at radius 3 is 0.833 bits per heavy atom. The smallest absolute Gasteiger partial charge is 0.0541 e. The Morgan fingerprint density at radius 1 is 0.375 bits per heavy atom. The van der Waals surface area contributed by atoms with E-state index >= 15 is 0 Å². The molecule has 8 N–H and O–H groups in total. The topological polar surface area (TPSA) is 100 Å². The Bertz CT molecular complexity index is 698. The lowest BCUT2D eigenvalue weighted by atomic mass is 10.3. The molecule has 0 aliphatic carbocycles. The second kappa shape index (κ2) is 7.15. The molecule has 3 rings (SSSR count). The summed E-state index contributed by atoms with van der Waals surface area (Å²) in [5.41, 5.74) is 29.1. The van der Waals surface area contributed by atoms with Gasteiger partial charge in [0.05, 0.1) is 22.7 Å². The van der Waals surface area contributed by atoms with E-state index in [1.54, 1.807) is 0 Å². The number of nitrogens with one attached hydrogen (secondary N) is 4. The summed E-state index contributed by atoms with van der Waals surface area (Å²) in [5.74, 6) is 0. The molecule has 0 radical (unpaired) electrons. The summed E-state index contributed by atoms with van der Waals surface area (Å²) in [4.78, 5) is 0. The lowest BCUT2D eigenvalue weighted by molar-refractivity contribution is 1.39. The molecule has 0 saturated carbocycles. The van der Waals surface area contributed by atoms with Gasteiger partial charge >= 0.3 is 0 Å². The largest absolute Gasteiger partial charge is 0.399 e. The van der Waals surface area contributed by atoms with Crippen LogP contribution in [0.2, 0.25) is 0 Å². The molecule has 24 heavy (non-hydrogen) atoms. The van der Waals surface area contributed by atoms with Crippen LogP contribution in [0.15, 0.2) is 72.8 Å². The van der Waals surface area contributed by atoms with Gasteiger partial charge < -0.3 is 33.2 Å². The highest BCUT2D eigenvalue weighted by molar-refractivity contribution is 5.60. The van der Waals surface area contributed by atoms with Crippen molar-refractivity contribution in [2.24, 2.45) is 0 Å². The molecule has 0 fully saturated rings. The molecule has 0 amide bonds. The highest BCUT2D eigenvalue weighted by atomic mass is 15.4. The predicted molar refractivity (Wildman–Crippen MR) is 103 cm³/mol. The van der Waals surface area contributed by atoms with Gasteiger partial charge in [-0.2, -0.15) is 0 Å². The molecule has 0 spiro atoms. The zero-order valence-electron chi connectivity index (χ0n) is 13.1. The van der Waals surface area contributed by atoms with Crippen LogP contribution in [0.3, 0.4) is 0 Å². The van der Waals surface area contributed by atoms with Gasteiger partial charge in [-0.1, -0.05) is 0 Å². The minimum Gasteiger partial charge on any atom is -0.399 e. The van der Waals surface area contributed by atoms with Crippen molar-refractivity contribution in [2.75, 3.05) is 33.2 Å². The van der Waals surface area contributed by atoms with E-state index in [1.807, 2.05) is 72.8 Å². The van der Waals surface area contributed by atoms with Gasteiger partial charge in [-0.25, -0.2) is 0 Å². The van der Waals surface area contributed by atoms with E-state index in [2.05, 4.69) is 21.7 Å². The van der Waals surface area contributed by atoms with Crippen LogP contribution in [0.4, 0.5) is 34.1 Å². The van der Waals surface area contributed by atoms with Crippen molar-refractivity contribution in [2.45, 2.75) is 0 Å². The van der Waals surface area contributed by atoms with E-state index in [4.69, 9.17) is 11.5 Å². The maximum atomic E-state index is 5.66. The highest BCUT2D eigenvalue weighted by Gasteiger charge is 1.96. The molecule has 0 aromatic heterocycles. The van der Waals surface area contributed by atoms with Gasteiger partial charge in [0.15, 0.2) is 0 Å². The van der Waals surface area contributed by atoms with E-state index in [0.29, 0.717) is 0 Å². The van der Waals surface area contributed by atoms with E-state index in [9.17, 15) is 0 Å². The number of nitrogen functional groups attached to an aromatic ring is 2. The maximum Gasteiger partial charge on any atom is 0.0541 e. The Labute approximate surface area is 140 Å². The first kappa shape index (κ1) is 15.4. The summed E-state index contributed by atoms with van der Waals surface area (Å²) in [6.07, 6.45) is 0. The zero-order valence-corrected chi connectivity index (χ0v) is 13.1. The third kappa shape index (κ3) is 4.23. The highest BCUT2D eigenvalue weighted by Crippen LogP contribution is 2.16. The minimum absolute atomic E-state index is 0.740. The van der Waals surface area contributed by atoms with Gasteiger partial charge in [-0.3, -0.25) is 0 Å². The average Bonchev–Trinajstić information content (AvgIpc) is 2.62. The van der Waals surface area contributed by atoms with Crippen molar-refractivity contribution >= 4 is 34.1 Å². The van der Waals surface area contributed by atoms with Crippen LogP contribution in [0.5, 0.6) is 0 Å². The molecular formula is C18H20N6. The summed E-state index contributed by atoms with van der Waals surface area (Å²) in [5, 5.41) is 0. The molecule has 0 saturated heterocycles. The van der Waals surface area contributed by atoms with Gasteiger partial charge in [0, 0.05) is 11.4 Å². The van der Waals surface area contributed by atoms with Gasteiger partial charge in [-0.15, -0.1) is 0 Å². The van der Waals surface area contributed by atoms with Crippen molar-refractivity contribution in [3.05, 3.63) is 72.8 Å². The quantitative estimate of drug-likeness (QED) is 0.306. The third-order valence-corrected chi connectivity index (χ3v) is 3.41. The van der Waals surface area contributed by atoms with E-state index in [1.165, 1.54) is 0 Å². The Morgan fingerprint density at radius 2 is 0.583 bits per heavy atom. The SMILES string of the molecule is Nc1ccc(NNc2ccc(NNc3ccc(N)cc3)cc2)cc1. The molecule has 6 nitrogen and oxygen atoms in total. The van der Waals surface area contributed by atoms with E-state index in [-0.39, 0.29) is 0 Å². The van der Waals surface area contributed by atoms with Crippen molar-refractivity contribution in [3.63, 3.8) is 0 Å². The van der Waals surface area contributed by atoms with Gasteiger partial charge in [-0.05, 0) is 72.8 Å². The van der Waals surface area contributed by atoms with Gasteiger partial charge in [0.25, 0.3) is 0 Å². The van der Waals surface area contributed by atoms with Crippen LogP contribution in [0, 0.1) is 0 Å². The number of hydrogen-bond donors (Lipinski definition) is 6. The lowest BCUT2D eigenvalue weighted by Crippen LogP contribution is -2.10. The fourth-order valence-electron chi connectivity index (χ4n) is 2.06. The van der Waals surface area contributed by atoms with Gasteiger partial charge in [0.1, 0.15) is 0 Å². The average molecular weight is 320 g/mol. The summed E-state index contributed by atoms with van der Waals surface area (Å²) in [6, 6.07) is 22.9. The predicted octanol–water partition coefficient (Wildman–Crippen LogP) is 3.73. The Kier molecular flexibility index (Phi) is 4.57. The van der Waals surface area contributed by atoms with Gasteiger partial charge in [0.2, 0.25) is 0 Å². The summed E-state index contributed by atoms with van der Waals surface area (Å²) >= 11 is 0. The van der Waals surface area contributed by atoms with Crippen molar-refractivity contribution in [3.8, 4) is 0 Å². The summed E-state index contributed by atoms with van der Waals surface area (Å²) < 4.78 is 0. The Hall–Kier alpha value is -3.54. The van der Waals surface area contributed by atoms with Crippen LogP contribution in [0.1, 0.15) is 0 Å². The van der Waals surface area contributed by atoms with Crippen LogP contribution in [-0.2, 0) is 0 Å². The Balaban J connectivity index is 1.51. The van der Waals surface area contributed by atoms with Crippen molar-refractivity contribution in [1.29, 1.82) is 0 Å². The first-order chi connectivity index (χ1) is 11.7. The van der Waals surface area contributed by atoms with Crippen LogP contribution < -0.4 is 33.2 Å². The standard InChI is InChI=1S/C18H20N6/c19-13-1-5-15(6-2-13)21-23-17-9-11-18(12-10-17)24-22-16-7-3-14(20)4-8-16/h1-12,21-24H,19-20H2. The molecule has 3 aromatic carbocycles. The minimum atomic E-state index is 0.740. The molecule has 0 atom stereocenters. The zero-order chi connectivity index (χ0) is 16.8. The number of hydrazine groups is 2. The van der Waals surface area contributed by atoms with Crippen LogP contribution in [-0.4, -0.2) is 0 Å². The maximum absolute atomic E-state index is 5.66. The fourth-order valence-corrected chi connectivity index (χ4v) is 2.06. The van der Waals surface area contributed by atoms with Crippen molar-refractivity contribution < 1.29 is 0 Å². The second-order valence-corrected chi connectivity index (χ2v) is 5.32. The van der Waals surface area contributed by atoms with E-state index < -0.39 is 0 Å². The summed E-state index contributed by atoms with van der Waals surface area (Å²) in [6.45, 7) is 0. The molecule has 0 bridgehead atoms. The number of hydrogen-bond acceptors (Lipinski definition) is 6. The molecule has 3 aromatic rings. The van der Waals surface area contributed by atoms with Crippen LogP contribution in [0.25, 0.3) is 0 Å². The lowest BCUT2D eigenvalue weighted by Gasteiger charge is -2.12. The fraction of sp³-hybridized carbons (Fsp3) is 0. The number of benzene rings is 3. The monoisotopic (exact) mass is 320 g/mol. The third-order valence-electron chi connectivity index (χ3n) is 3.41. The second-order valence-electron chi connectivity index (χ2n) is 5.32. The first-order valence-electron chi connectivity index (χ1n) is 7.54. The normalized spacial score (nSPS) is 10.0. The number of rotatable bonds is 6. The van der Waals surface area contributed by atoms with E-state index in [0.717, 1.165) is 34.1 Å². The van der Waals surface area contributed by atoms with Crippen molar-refractivity contribution in [1.82, 2.24) is 0 Å².